The van der Waals surface area contributed by atoms with E-state index in [2.05, 4.69) is 25.6 Å². The van der Waals surface area contributed by atoms with Crippen LogP contribution < -0.4 is 10.6 Å². The molecule has 0 unspecified atom stereocenters. The van der Waals surface area contributed by atoms with Gasteiger partial charge in [-0.15, -0.1) is 0 Å². The predicted octanol–water partition coefficient (Wildman–Crippen LogP) is 2.81. The van der Waals surface area contributed by atoms with Crippen LogP contribution in [0.25, 0.3) is 0 Å². The number of hydrogen-bond donors (Lipinski definition) is 3. The number of thiazole rings is 1. The number of aryl methyl sites for hydroxylation is 1. The minimum absolute atomic E-state index is 0.0190. The van der Waals surface area contributed by atoms with Crippen LogP contribution in [0.15, 0.2) is 42.6 Å². The number of hydrogen-bond acceptors (Lipinski definition) is 8. The largest absolute Gasteiger partial charge is 0.395 e. The number of aliphatic hydroxyl groups is 1. The van der Waals surface area contributed by atoms with E-state index >= 15 is 0 Å². The van der Waals surface area contributed by atoms with Crippen LogP contribution in [0.2, 0.25) is 0 Å². The van der Waals surface area contributed by atoms with Gasteiger partial charge in [0, 0.05) is 19.0 Å². The molecule has 26 heavy (non-hydrogen) atoms. The smallest absolute Gasteiger partial charge is 0.188 e. The summed E-state index contributed by atoms with van der Waals surface area (Å²) in [7, 11) is 0. The third-order valence-electron chi connectivity index (χ3n) is 3.48. The molecular formula is C18H19N5O2S. The standard InChI is InChI=1S/C18H19N5O2S/c1-12-21-16(19-7-8-24)10-17(22-12)23-18-20-11-15(26-18)14(25)9-13-5-3-2-4-6-13/h2-6,10-11,24H,7-9H2,1H3,(H2,19,20,21,22,23). The molecule has 0 bridgehead atoms. The molecule has 0 aliphatic rings. The number of anilines is 3. The normalized spacial score (nSPS) is 10.5. The van der Waals surface area contributed by atoms with Crippen LogP contribution in [-0.2, 0) is 6.42 Å². The van der Waals surface area contributed by atoms with Crippen molar-refractivity contribution in [1.29, 1.82) is 0 Å². The van der Waals surface area contributed by atoms with Crippen molar-refractivity contribution in [3.8, 4) is 0 Å². The molecule has 0 saturated carbocycles. The van der Waals surface area contributed by atoms with Crippen molar-refractivity contribution in [2.75, 3.05) is 23.8 Å². The van der Waals surface area contributed by atoms with E-state index in [0.29, 0.717) is 40.4 Å². The van der Waals surface area contributed by atoms with Gasteiger partial charge in [0.05, 0.1) is 17.7 Å². The summed E-state index contributed by atoms with van der Waals surface area (Å²) in [6.07, 6.45) is 1.93. The average Bonchev–Trinajstić information content (AvgIpc) is 3.09. The van der Waals surface area contributed by atoms with E-state index in [1.807, 2.05) is 30.3 Å². The number of Topliss-reactive ketones (excluding diaryl/α,β-unsaturated/α-hetero) is 1. The molecule has 0 aliphatic heterocycles. The first-order chi connectivity index (χ1) is 12.6. The molecule has 0 amide bonds. The Kier molecular flexibility index (Phi) is 5.88. The summed E-state index contributed by atoms with van der Waals surface area (Å²) in [6.45, 7) is 2.21. The molecule has 3 N–H and O–H groups in total. The molecule has 7 nitrogen and oxygen atoms in total. The van der Waals surface area contributed by atoms with Crippen molar-refractivity contribution in [1.82, 2.24) is 15.0 Å². The van der Waals surface area contributed by atoms with E-state index in [4.69, 9.17) is 5.11 Å². The topological polar surface area (TPSA) is 100 Å². The summed E-state index contributed by atoms with van der Waals surface area (Å²) < 4.78 is 0. The highest BCUT2D eigenvalue weighted by Crippen LogP contribution is 2.24. The molecule has 0 fully saturated rings. The molecule has 0 saturated heterocycles. The lowest BCUT2D eigenvalue weighted by Crippen LogP contribution is -2.08. The molecule has 1 aromatic carbocycles. The van der Waals surface area contributed by atoms with Gasteiger partial charge in [-0.3, -0.25) is 4.79 Å². The van der Waals surface area contributed by atoms with Crippen molar-refractivity contribution in [3.05, 3.63) is 58.9 Å². The van der Waals surface area contributed by atoms with Gasteiger partial charge in [0.1, 0.15) is 17.5 Å². The van der Waals surface area contributed by atoms with Crippen molar-refractivity contribution in [3.63, 3.8) is 0 Å². The number of carbonyl (C=O) groups is 1. The number of nitrogens with one attached hydrogen (secondary N) is 2. The lowest BCUT2D eigenvalue weighted by atomic mass is 10.1. The lowest BCUT2D eigenvalue weighted by molar-refractivity contribution is 0.0996. The number of rotatable bonds is 8. The minimum Gasteiger partial charge on any atom is -0.395 e. The predicted molar refractivity (Wildman–Crippen MR) is 102 cm³/mol. The molecule has 0 spiro atoms. The van der Waals surface area contributed by atoms with Gasteiger partial charge in [-0.25, -0.2) is 15.0 Å². The Morgan fingerprint density at radius 3 is 2.73 bits per heavy atom. The monoisotopic (exact) mass is 369 g/mol. The zero-order valence-electron chi connectivity index (χ0n) is 14.3. The first-order valence-corrected chi connectivity index (χ1v) is 8.96. The van der Waals surface area contributed by atoms with E-state index in [0.717, 1.165) is 5.56 Å². The average molecular weight is 369 g/mol. The Hall–Kier alpha value is -2.84. The lowest BCUT2D eigenvalue weighted by Gasteiger charge is -2.07. The van der Waals surface area contributed by atoms with Gasteiger partial charge in [0.25, 0.3) is 0 Å². The highest BCUT2D eigenvalue weighted by Gasteiger charge is 2.12. The van der Waals surface area contributed by atoms with Gasteiger partial charge >= 0.3 is 0 Å². The number of benzene rings is 1. The third kappa shape index (κ3) is 4.84. The summed E-state index contributed by atoms with van der Waals surface area (Å²) in [5, 5.41) is 15.6. The molecule has 0 aliphatic carbocycles. The molecule has 134 valence electrons. The maximum atomic E-state index is 12.4. The van der Waals surface area contributed by atoms with Crippen molar-refractivity contribution >= 4 is 33.9 Å². The van der Waals surface area contributed by atoms with Gasteiger partial charge < -0.3 is 15.7 Å². The number of carbonyl (C=O) groups excluding carboxylic acids is 1. The van der Waals surface area contributed by atoms with E-state index in [-0.39, 0.29) is 12.4 Å². The molecule has 0 radical (unpaired) electrons. The summed E-state index contributed by atoms with van der Waals surface area (Å²) in [4.78, 5) is 25.8. The van der Waals surface area contributed by atoms with E-state index < -0.39 is 0 Å². The number of nitrogens with zero attached hydrogens (tertiary/aromatic N) is 3. The van der Waals surface area contributed by atoms with E-state index in [1.54, 1.807) is 19.2 Å². The fourth-order valence-electron chi connectivity index (χ4n) is 2.35. The molecule has 3 rings (SSSR count). The molecule has 2 heterocycles. The SMILES string of the molecule is Cc1nc(NCCO)cc(Nc2ncc(C(=O)Cc3ccccc3)s2)n1. The second-order valence-corrected chi connectivity index (χ2v) is 6.61. The fourth-order valence-corrected chi connectivity index (χ4v) is 3.11. The van der Waals surface area contributed by atoms with Gasteiger partial charge in [0.15, 0.2) is 10.9 Å². The van der Waals surface area contributed by atoms with Crippen LogP contribution in [0, 0.1) is 6.92 Å². The number of aliphatic hydroxyl groups excluding tert-OH is 1. The van der Waals surface area contributed by atoms with Gasteiger partial charge in [0.2, 0.25) is 0 Å². The fraction of sp³-hybridized carbons (Fsp3) is 0.222. The van der Waals surface area contributed by atoms with E-state index in [9.17, 15) is 4.79 Å². The Morgan fingerprint density at radius 1 is 1.19 bits per heavy atom. The Labute approximate surface area is 155 Å². The second-order valence-electron chi connectivity index (χ2n) is 5.58. The zero-order valence-corrected chi connectivity index (χ0v) is 15.1. The minimum atomic E-state index is 0.0190. The first-order valence-electron chi connectivity index (χ1n) is 8.14. The Morgan fingerprint density at radius 2 is 1.96 bits per heavy atom. The quantitative estimate of drug-likeness (QED) is 0.525. The summed E-state index contributed by atoms with van der Waals surface area (Å²) in [5.74, 6) is 1.82. The maximum Gasteiger partial charge on any atom is 0.188 e. The molecular weight excluding hydrogens is 350 g/mol. The van der Waals surface area contributed by atoms with Crippen LogP contribution in [0.5, 0.6) is 0 Å². The van der Waals surface area contributed by atoms with Crippen molar-refractivity contribution < 1.29 is 9.90 Å². The van der Waals surface area contributed by atoms with Crippen LogP contribution in [0.3, 0.4) is 0 Å². The second kappa shape index (κ2) is 8.50. The van der Waals surface area contributed by atoms with Crippen LogP contribution in [-0.4, -0.2) is 39.0 Å². The van der Waals surface area contributed by atoms with Gasteiger partial charge in [-0.1, -0.05) is 41.7 Å². The van der Waals surface area contributed by atoms with Crippen LogP contribution in [0.4, 0.5) is 16.8 Å². The molecule has 2 aromatic heterocycles. The van der Waals surface area contributed by atoms with Gasteiger partial charge in [-0.05, 0) is 12.5 Å². The first kappa shape index (κ1) is 18.0. The summed E-state index contributed by atoms with van der Waals surface area (Å²) in [6, 6.07) is 11.4. The number of ketones is 1. The highest BCUT2D eigenvalue weighted by atomic mass is 32.1. The van der Waals surface area contributed by atoms with E-state index in [1.165, 1.54) is 11.3 Å². The number of aromatic nitrogens is 3. The maximum absolute atomic E-state index is 12.4. The summed E-state index contributed by atoms with van der Waals surface area (Å²) >= 11 is 1.29. The van der Waals surface area contributed by atoms with Crippen molar-refractivity contribution in [2.45, 2.75) is 13.3 Å². The van der Waals surface area contributed by atoms with Gasteiger partial charge in [-0.2, -0.15) is 0 Å². The Balaban J connectivity index is 1.68. The molecule has 0 atom stereocenters. The third-order valence-corrected chi connectivity index (χ3v) is 4.43. The molecule has 8 heteroatoms. The molecule has 3 aromatic rings. The zero-order chi connectivity index (χ0) is 18.4. The summed E-state index contributed by atoms with van der Waals surface area (Å²) in [5.41, 5.74) is 0.978. The highest BCUT2D eigenvalue weighted by molar-refractivity contribution is 7.17. The Bertz CT molecular complexity index is 882. The van der Waals surface area contributed by atoms with Crippen molar-refractivity contribution in [2.24, 2.45) is 0 Å². The van der Waals surface area contributed by atoms with Crippen LogP contribution >= 0.6 is 11.3 Å². The van der Waals surface area contributed by atoms with Crippen LogP contribution in [0.1, 0.15) is 21.1 Å².